The van der Waals surface area contributed by atoms with E-state index in [-0.39, 0.29) is 0 Å². The molecule has 0 amide bonds. The van der Waals surface area contributed by atoms with Crippen LogP contribution in [0.4, 0.5) is 0 Å². The van der Waals surface area contributed by atoms with Crippen molar-refractivity contribution in [2.45, 2.75) is 6.42 Å². The number of thiophene rings is 1. The molecular formula is C13H13NS. The summed E-state index contributed by atoms with van der Waals surface area (Å²) in [6.07, 6.45) is 4.51. The molecule has 15 heavy (non-hydrogen) atoms. The van der Waals surface area contributed by atoms with E-state index in [1.54, 1.807) is 17.5 Å². The van der Waals surface area contributed by atoms with Gasteiger partial charge in [-0.3, -0.25) is 0 Å². The summed E-state index contributed by atoms with van der Waals surface area (Å²) in [5.74, 6) is 0. The third kappa shape index (κ3) is 2.48. The Balaban J connectivity index is 2.27. The second-order valence-electron chi connectivity index (χ2n) is 3.37. The fourth-order valence-corrected chi connectivity index (χ4v) is 2.24. The number of nitrogens with two attached hydrogens (primary N) is 1. The smallest absolute Gasteiger partial charge is 0.00116 e. The van der Waals surface area contributed by atoms with Crippen LogP contribution in [0, 0.1) is 0 Å². The summed E-state index contributed by atoms with van der Waals surface area (Å²) in [5, 5.41) is 4.29. The van der Waals surface area contributed by atoms with E-state index in [9.17, 15) is 0 Å². The lowest BCUT2D eigenvalue weighted by Gasteiger charge is -2.03. The van der Waals surface area contributed by atoms with Gasteiger partial charge in [-0.25, -0.2) is 0 Å². The standard InChI is InChI=1S/C13H13NS/c14-7-5-12-3-1-2-4-13(12)9-11-6-8-15-10-11/h1-8,10H,9,14H2/b7-5-. The van der Waals surface area contributed by atoms with Crippen molar-refractivity contribution in [1.29, 1.82) is 0 Å². The molecule has 1 nitrogen and oxygen atoms in total. The Morgan fingerprint density at radius 2 is 2.07 bits per heavy atom. The van der Waals surface area contributed by atoms with Crippen LogP contribution >= 0.6 is 11.3 Å². The second kappa shape index (κ2) is 4.80. The van der Waals surface area contributed by atoms with Gasteiger partial charge in [0.1, 0.15) is 0 Å². The molecule has 0 bridgehead atoms. The molecule has 1 aromatic carbocycles. The first-order valence-electron chi connectivity index (χ1n) is 4.87. The molecule has 2 rings (SSSR count). The van der Waals surface area contributed by atoms with Crippen LogP contribution in [0.15, 0.2) is 47.3 Å². The van der Waals surface area contributed by atoms with Crippen molar-refractivity contribution < 1.29 is 0 Å². The predicted octanol–water partition coefficient (Wildman–Crippen LogP) is 3.27. The highest BCUT2D eigenvalue weighted by molar-refractivity contribution is 7.07. The Kier molecular flexibility index (Phi) is 3.20. The van der Waals surface area contributed by atoms with E-state index >= 15 is 0 Å². The van der Waals surface area contributed by atoms with Crippen LogP contribution in [0.2, 0.25) is 0 Å². The maximum absolute atomic E-state index is 5.42. The predicted molar refractivity (Wildman–Crippen MR) is 66.8 cm³/mol. The number of rotatable bonds is 3. The minimum Gasteiger partial charge on any atom is -0.405 e. The molecule has 1 aromatic heterocycles. The number of hydrogen-bond donors (Lipinski definition) is 1. The molecular weight excluding hydrogens is 202 g/mol. The van der Waals surface area contributed by atoms with Gasteiger partial charge < -0.3 is 5.73 Å². The zero-order valence-corrected chi connectivity index (χ0v) is 9.21. The summed E-state index contributed by atoms with van der Waals surface area (Å²) in [5.41, 5.74) is 9.30. The highest BCUT2D eigenvalue weighted by Crippen LogP contribution is 2.17. The Hall–Kier alpha value is -1.54. The highest BCUT2D eigenvalue weighted by Gasteiger charge is 2.00. The molecule has 0 fully saturated rings. The third-order valence-electron chi connectivity index (χ3n) is 2.31. The topological polar surface area (TPSA) is 26.0 Å². The molecule has 0 saturated heterocycles. The van der Waals surface area contributed by atoms with Crippen LogP contribution in [0.5, 0.6) is 0 Å². The molecule has 0 spiro atoms. The van der Waals surface area contributed by atoms with Gasteiger partial charge in [-0.1, -0.05) is 24.3 Å². The van der Waals surface area contributed by atoms with Crippen molar-refractivity contribution >= 4 is 17.4 Å². The monoisotopic (exact) mass is 215 g/mol. The van der Waals surface area contributed by atoms with E-state index in [0.717, 1.165) is 6.42 Å². The summed E-state index contributed by atoms with van der Waals surface area (Å²) >= 11 is 1.74. The number of hydrogen-bond acceptors (Lipinski definition) is 2. The molecule has 1 heterocycles. The Labute approximate surface area is 93.9 Å². The fraction of sp³-hybridized carbons (Fsp3) is 0.0769. The van der Waals surface area contributed by atoms with Crippen LogP contribution < -0.4 is 5.73 Å². The minimum atomic E-state index is 0.976. The average molecular weight is 215 g/mol. The van der Waals surface area contributed by atoms with Crippen molar-refractivity contribution in [2.24, 2.45) is 5.73 Å². The molecule has 0 radical (unpaired) electrons. The SMILES string of the molecule is N/C=C\c1ccccc1Cc1ccsc1. The molecule has 76 valence electrons. The molecule has 2 heteroatoms. The van der Waals surface area contributed by atoms with E-state index < -0.39 is 0 Å². The lowest BCUT2D eigenvalue weighted by Crippen LogP contribution is -1.90. The Morgan fingerprint density at radius 3 is 2.80 bits per heavy atom. The Bertz CT molecular complexity index is 443. The summed E-state index contributed by atoms with van der Waals surface area (Å²) in [6, 6.07) is 10.5. The van der Waals surface area contributed by atoms with Crippen LogP contribution in [0.25, 0.3) is 6.08 Å². The third-order valence-corrected chi connectivity index (χ3v) is 3.04. The first kappa shape index (κ1) is 9.99. The highest BCUT2D eigenvalue weighted by atomic mass is 32.1. The van der Waals surface area contributed by atoms with E-state index in [4.69, 9.17) is 5.73 Å². The van der Waals surface area contributed by atoms with Crippen LogP contribution in [0.3, 0.4) is 0 Å². The molecule has 0 aliphatic rings. The van der Waals surface area contributed by atoms with E-state index in [2.05, 4.69) is 35.0 Å². The van der Waals surface area contributed by atoms with Crippen molar-refractivity contribution in [3.63, 3.8) is 0 Å². The molecule has 0 aliphatic heterocycles. The quantitative estimate of drug-likeness (QED) is 0.835. The van der Waals surface area contributed by atoms with Crippen molar-refractivity contribution in [3.05, 3.63) is 64.0 Å². The van der Waals surface area contributed by atoms with Crippen LogP contribution in [0.1, 0.15) is 16.7 Å². The van der Waals surface area contributed by atoms with Crippen molar-refractivity contribution in [2.75, 3.05) is 0 Å². The minimum absolute atomic E-state index is 0.976. The molecule has 2 aromatic rings. The summed E-state index contributed by atoms with van der Waals surface area (Å²) in [7, 11) is 0. The summed E-state index contributed by atoms with van der Waals surface area (Å²) < 4.78 is 0. The zero-order valence-electron chi connectivity index (χ0n) is 8.39. The van der Waals surface area contributed by atoms with Crippen molar-refractivity contribution in [3.8, 4) is 0 Å². The van der Waals surface area contributed by atoms with Gasteiger partial charge in [-0.15, -0.1) is 0 Å². The van der Waals surface area contributed by atoms with Crippen molar-refractivity contribution in [1.82, 2.24) is 0 Å². The molecule has 0 atom stereocenters. The first-order valence-corrected chi connectivity index (χ1v) is 5.81. The molecule has 0 saturated carbocycles. The molecule has 0 aliphatic carbocycles. The van der Waals surface area contributed by atoms with E-state index in [1.165, 1.54) is 16.7 Å². The summed E-state index contributed by atoms with van der Waals surface area (Å²) in [6.45, 7) is 0. The van der Waals surface area contributed by atoms with Crippen LogP contribution in [-0.4, -0.2) is 0 Å². The fourth-order valence-electron chi connectivity index (χ4n) is 1.57. The van der Waals surface area contributed by atoms with Gasteiger partial charge >= 0.3 is 0 Å². The largest absolute Gasteiger partial charge is 0.405 e. The van der Waals surface area contributed by atoms with Gasteiger partial charge in [0.25, 0.3) is 0 Å². The normalized spacial score (nSPS) is 10.9. The lowest BCUT2D eigenvalue weighted by molar-refractivity contribution is 1.20. The maximum Gasteiger partial charge on any atom is -0.00116 e. The van der Waals surface area contributed by atoms with Gasteiger partial charge in [0.2, 0.25) is 0 Å². The van der Waals surface area contributed by atoms with Gasteiger partial charge in [-0.05, 0) is 52.2 Å². The lowest BCUT2D eigenvalue weighted by atomic mass is 10.0. The van der Waals surface area contributed by atoms with Gasteiger partial charge in [0.15, 0.2) is 0 Å². The zero-order chi connectivity index (χ0) is 10.5. The average Bonchev–Trinajstić information content (AvgIpc) is 2.74. The maximum atomic E-state index is 5.42. The van der Waals surface area contributed by atoms with Gasteiger partial charge in [0, 0.05) is 0 Å². The van der Waals surface area contributed by atoms with E-state index in [1.807, 2.05) is 12.1 Å². The first-order chi connectivity index (χ1) is 7.40. The molecule has 0 unspecified atom stereocenters. The van der Waals surface area contributed by atoms with E-state index in [0.29, 0.717) is 0 Å². The summed E-state index contributed by atoms with van der Waals surface area (Å²) in [4.78, 5) is 0. The second-order valence-corrected chi connectivity index (χ2v) is 4.15. The Morgan fingerprint density at radius 1 is 1.20 bits per heavy atom. The number of benzene rings is 1. The van der Waals surface area contributed by atoms with Crippen LogP contribution in [-0.2, 0) is 6.42 Å². The van der Waals surface area contributed by atoms with Gasteiger partial charge in [-0.2, -0.15) is 11.3 Å². The molecule has 2 N–H and O–H groups in total. The van der Waals surface area contributed by atoms with Gasteiger partial charge in [0.05, 0.1) is 0 Å².